The number of nitrogens with zero attached hydrogens (tertiary/aromatic N) is 2. The third-order valence-electron chi connectivity index (χ3n) is 4.50. The summed E-state index contributed by atoms with van der Waals surface area (Å²) in [4.78, 5) is 22.6. The number of hydrogen-bond acceptors (Lipinski definition) is 4. The first-order chi connectivity index (χ1) is 11.6. The van der Waals surface area contributed by atoms with Crippen LogP contribution in [0, 0.1) is 6.92 Å². The number of carbonyl (C=O) groups is 1. The van der Waals surface area contributed by atoms with E-state index in [1.165, 1.54) is 5.56 Å². The first-order valence-electron chi connectivity index (χ1n) is 8.26. The highest BCUT2D eigenvalue weighted by atomic mass is 32.2. The van der Waals surface area contributed by atoms with Crippen LogP contribution >= 0.6 is 11.8 Å². The molecule has 0 bridgehead atoms. The first-order valence-corrected chi connectivity index (χ1v) is 9.55. The standard InChI is InChI=1S/C18H24N4OS/c1-12-4-6-14(7-5-12)15-10-20-17(21-15)16-11-19-8-9-22(16)18(23)13(2)24-3/h4-7,10,13,16,19H,8-9,11H2,1-3H3,(H,20,21). The molecule has 0 spiro atoms. The topological polar surface area (TPSA) is 61.0 Å². The van der Waals surface area contributed by atoms with E-state index in [1.807, 2.05) is 24.3 Å². The molecule has 1 aliphatic rings. The van der Waals surface area contributed by atoms with E-state index in [0.29, 0.717) is 0 Å². The maximum atomic E-state index is 12.7. The van der Waals surface area contributed by atoms with Crippen LogP contribution in [0.4, 0.5) is 0 Å². The minimum Gasteiger partial charge on any atom is -0.340 e. The number of aryl methyl sites for hydroxylation is 1. The second-order valence-electron chi connectivity index (χ2n) is 6.18. The van der Waals surface area contributed by atoms with Crippen molar-refractivity contribution in [2.45, 2.75) is 25.1 Å². The van der Waals surface area contributed by atoms with Gasteiger partial charge in [0.1, 0.15) is 11.9 Å². The minimum absolute atomic E-state index is 0.0304. The molecule has 1 aromatic carbocycles. The van der Waals surface area contributed by atoms with Gasteiger partial charge in [0, 0.05) is 19.6 Å². The van der Waals surface area contributed by atoms with Crippen molar-refractivity contribution in [2.24, 2.45) is 0 Å². The van der Waals surface area contributed by atoms with Crippen LogP contribution < -0.4 is 5.32 Å². The zero-order chi connectivity index (χ0) is 17.1. The lowest BCUT2D eigenvalue weighted by Crippen LogP contribution is -2.51. The normalized spacial score (nSPS) is 19.3. The molecule has 0 radical (unpaired) electrons. The summed E-state index contributed by atoms with van der Waals surface area (Å²) in [6.45, 7) is 6.32. The zero-order valence-electron chi connectivity index (χ0n) is 14.4. The van der Waals surface area contributed by atoms with E-state index < -0.39 is 0 Å². The van der Waals surface area contributed by atoms with Crippen LogP contribution in [0.25, 0.3) is 11.3 Å². The fraction of sp³-hybridized carbons (Fsp3) is 0.444. The van der Waals surface area contributed by atoms with Crippen molar-refractivity contribution in [2.75, 3.05) is 25.9 Å². The van der Waals surface area contributed by atoms with Crippen LogP contribution in [0.3, 0.4) is 0 Å². The molecular formula is C18H24N4OS. The second-order valence-corrected chi connectivity index (χ2v) is 7.36. The van der Waals surface area contributed by atoms with E-state index >= 15 is 0 Å². The summed E-state index contributed by atoms with van der Waals surface area (Å²) >= 11 is 1.58. The van der Waals surface area contributed by atoms with Crippen LogP contribution in [-0.4, -0.2) is 51.9 Å². The molecule has 1 aromatic heterocycles. The molecule has 2 heterocycles. The Morgan fingerprint density at radius 2 is 2.12 bits per heavy atom. The number of amides is 1. The minimum atomic E-state index is -0.0416. The largest absolute Gasteiger partial charge is 0.340 e. The average Bonchev–Trinajstić information content (AvgIpc) is 3.11. The predicted octanol–water partition coefficient (Wildman–Crippen LogP) is 2.61. The predicted molar refractivity (Wildman–Crippen MR) is 99.1 cm³/mol. The van der Waals surface area contributed by atoms with Gasteiger partial charge >= 0.3 is 0 Å². The van der Waals surface area contributed by atoms with Gasteiger partial charge in [-0.15, -0.1) is 0 Å². The zero-order valence-corrected chi connectivity index (χ0v) is 15.2. The molecule has 6 heteroatoms. The second kappa shape index (κ2) is 7.40. The Morgan fingerprint density at radius 3 is 2.83 bits per heavy atom. The van der Waals surface area contributed by atoms with E-state index in [-0.39, 0.29) is 17.2 Å². The molecule has 2 atom stereocenters. The lowest BCUT2D eigenvalue weighted by atomic mass is 10.1. The summed E-state index contributed by atoms with van der Waals surface area (Å²) < 4.78 is 0. The number of aromatic nitrogens is 2. The average molecular weight is 344 g/mol. The summed E-state index contributed by atoms with van der Waals surface area (Å²) in [5.74, 6) is 1.03. The van der Waals surface area contributed by atoms with Crippen LogP contribution in [0.1, 0.15) is 24.4 Å². The Hall–Kier alpha value is -1.79. The van der Waals surface area contributed by atoms with Crippen molar-refractivity contribution in [1.29, 1.82) is 0 Å². The molecule has 24 heavy (non-hydrogen) atoms. The molecule has 1 amide bonds. The van der Waals surface area contributed by atoms with Crippen LogP contribution in [0.2, 0.25) is 0 Å². The van der Waals surface area contributed by atoms with E-state index in [2.05, 4.69) is 46.5 Å². The highest BCUT2D eigenvalue weighted by molar-refractivity contribution is 7.99. The third-order valence-corrected chi connectivity index (χ3v) is 5.41. The van der Waals surface area contributed by atoms with Gasteiger partial charge in [-0.3, -0.25) is 4.79 Å². The van der Waals surface area contributed by atoms with Crippen molar-refractivity contribution < 1.29 is 4.79 Å². The smallest absolute Gasteiger partial charge is 0.236 e. The SMILES string of the molecule is CSC(C)C(=O)N1CCNCC1c1ncc(-c2ccc(C)cc2)[nH]1. The summed E-state index contributed by atoms with van der Waals surface area (Å²) in [6.07, 6.45) is 3.83. The number of rotatable bonds is 4. The molecular weight excluding hydrogens is 320 g/mol. The van der Waals surface area contributed by atoms with Crippen LogP contribution in [-0.2, 0) is 4.79 Å². The van der Waals surface area contributed by atoms with Gasteiger partial charge < -0.3 is 15.2 Å². The quantitative estimate of drug-likeness (QED) is 0.895. The molecule has 128 valence electrons. The van der Waals surface area contributed by atoms with Gasteiger partial charge in [0.05, 0.1) is 17.1 Å². The van der Waals surface area contributed by atoms with Crippen molar-refractivity contribution >= 4 is 17.7 Å². The van der Waals surface area contributed by atoms with Gasteiger partial charge in [-0.1, -0.05) is 29.8 Å². The summed E-state index contributed by atoms with van der Waals surface area (Å²) in [6, 6.07) is 8.32. The number of nitrogens with one attached hydrogen (secondary N) is 2. The maximum absolute atomic E-state index is 12.7. The molecule has 2 unspecified atom stereocenters. The molecule has 2 N–H and O–H groups in total. The molecule has 3 rings (SSSR count). The number of piperazine rings is 1. The number of aromatic amines is 1. The lowest BCUT2D eigenvalue weighted by molar-refractivity contribution is -0.133. The van der Waals surface area contributed by atoms with Gasteiger partial charge in [0.25, 0.3) is 0 Å². The van der Waals surface area contributed by atoms with Gasteiger partial charge in [-0.2, -0.15) is 11.8 Å². The highest BCUT2D eigenvalue weighted by Crippen LogP contribution is 2.25. The fourth-order valence-corrected chi connectivity index (χ4v) is 3.27. The van der Waals surface area contributed by atoms with Crippen LogP contribution in [0.5, 0.6) is 0 Å². The fourth-order valence-electron chi connectivity index (χ4n) is 2.93. The number of imidazole rings is 1. The number of H-pyrrole nitrogens is 1. The monoisotopic (exact) mass is 344 g/mol. The van der Waals surface area contributed by atoms with E-state index in [1.54, 1.807) is 11.8 Å². The number of thioether (sulfide) groups is 1. The lowest BCUT2D eigenvalue weighted by Gasteiger charge is -2.36. The van der Waals surface area contributed by atoms with Crippen molar-refractivity contribution in [3.05, 3.63) is 41.9 Å². The highest BCUT2D eigenvalue weighted by Gasteiger charge is 2.32. The number of hydrogen-bond donors (Lipinski definition) is 2. The Kier molecular flexibility index (Phi) is 5.26. The third kappa shape index (κ3) is 3.49. The van der Waals surface area contributed by atoms with E-state index in [4.69, 9.17) is 0 Å². The molecule has 1 fully saturated rings. The molecule has 5 nitrogen and oxygen atoms in total. The van der Waals surface area contributed by atoms with Gasteiger partial charge in [0.15, 0.2) is 0 Å². The van der Waals surface area contributed by atoms with Crippen molar-refractivity contribution in [3.63, 3.8) is 0 Å². The summed E-state index contributed by atoms with van der Waals surface area (Å²) in [5.41, 5.74) is 3.33. The van der Waals surface area contributed by atoms with Gasteiger partial charge in [-0.25, -0.2) is 4.98 Å². The molecule has 0 aliphatic carbocycles. The number of benzene rings is 1. The Labute approximate surface area is 147 Å². The molecule has 2 aromatic rings. The van der Waals surface area contributed by atoms with Gasteiger partial charge in [0.2, 0.25) is 5.91 Å². The summed E-state index contributed by atoms with van der Waals surface area (Å²) in [7, 11) is 0. The maximum Gasteiger partial charge on any atom is 0.236 e. The van der Waals surface area contributed by atoms with Crippen molar-refractivity contribution in [3.8, 4) is 11.3 Å². The summed E-state index contributed by atoms with van der Waals surface area (Å²) in [5, 5.41) is 3.34. The van der Waals surface area contributed by atoms with Gasteiger partial charge in [-0.05, 0) is 25.7 Å². The van der Waals surface area contributed by atoms with Crippen LogP contribution in [0.15, 0.2) is 30.5 Å². The Balaban J connectivity index is 1.84. The van der Waals surface area contributed by atoms with Crippen molar-refractivity contribution in [1.82, 2.24) is 20.2 Å². The van der Waals surface area contributed by atoms with E-state index in [0.717, 1.165) is 36.7 Å². The Morgan fingerprint density at radius 1 is 1.38 bits per heavy atom. The Bertz CT molecular complexity index is 697. The molecule has 0 saturated carbocycles. The van der Waals surface area contributed by atoms with E-state index in [9.17, 15) is 4.79 Å². The number of carbonyl (C=O) groups excluding carboxylic acids is 1. The molecule has 1 saturated heterocycles. The first kappa shape index (κ1) is 17.0. The molecule has 1 aliphatic heterocycles.